The molecule has 100 valence electrons. The quantitative estimate of drug-likeness (QED) is 0.807. The Morgan fingerprint density at radius 2 is 1.58 bits per heavy atom. The first-order valence-electron chi connectivity index (χ1n) is 5.91. The third kappa shape index (κ3) is 3.73. The van der Waals surface area contributed by atoms with Crippen LogP contribution in [0.4, 0.5) is 0 Å². The Kier molecular flexibility index (Phi) is 5.28. The van der Waals surface area contributed by atoms with Crippen LogP contribution in [0, 0.1) is 0 Å². The molecule has 1 nitrogen and oxygen atoms in total. The van der Waals surface area contributed by atoms with Crippen LogP contribution in [-0.2, 0) is 6.42 Å². The molecule has 0 aliphatic heterocycles. The summed E-state index contributed by atoms with van der Waals surface area (Å²) in [6, 6.07) is 13.4. The van der Waals surface area contributed by atoms with Gasteiger partial charge in [-0.3, -0.25) is 0 Å². The predicted octanol–water partition coefficient (Wildman–Crippen LogP) is 5.07. The Balaban J connectivity index is 2.26. The van der Waals surface area contributed by atoms with Gasteiger partial charge in [-0.15, -0.1) is 0 Å². The summed E-state index contributed by atoms with van der Waals surface area (Å²) >= 11 is 15.7. The number of hydrogen-bond acceptors (Lipinski definition) is 1. The fourth-order valence-corrected chi connectivity index (χ4v) is 2.81. The molecule has 0 spiro atoms. The minimum Gasteiger partial charge on any atom is -0.396 e. The van der Waals surface area contributed by atoms with Crippen LogP contribution in [-0.4, -0.2) is 11.7 Å². The number of rotatable bonds is 4. The molecule has 0 bridgehead atoms. The molecule has 2 aromatic rings. The summed E-state index contributed by atoms with van der Waals surface area (Å²) in [6.45, 7) is 0.0587. The van der Waals surface area contributed by atoms with E-state index in [1.165, 1.54) is 0 Å². The zero-order chi connectivity index (χ0) is 13.8. The molecule has 1 atom stereocenters. The topological polar surface area (TPSA) is 20.2 Å². The van der Waals surface area contributed by atoms with Crippen molar-refractivity contribution in [3.8, 4) is 0 Å². The van der Waals surface area contributed by atoms with Gasteiger partial charge >= 0.3 is 0 Å². The number of aliphatic hydroxyl groups excluding tert-OH is 1. The van der Waals surface area contributed by atoms with Crippen molar-refractivity contribution < 1.29 is 5.11 Å². The minimum absolute atomic E-state index is 0.00880. The summed E-state index contributed by atoms with van der Waals surface area (Å²) in [7, 11) is 0. The molecule has 1 unspecified atom stereocenters. The van der Waals surface area contributed by atoms with Crippen molar-refractivity contribution in [1.29, 1.82) is 0 Å². The van der Waals surface area contributed by atoms with Crippen LogP contribution in [0.15, 0.2) is 46.9 Å². The van der Waals surface area contributed by atoms with Gasteiger partial charge in [0.15, 0.2) is 0 Å². The van der Waals surface area contributed by atoms with Crippen molar-refractivity contribution in [1.82, 2.24) is 0 Å². The van der Waals surface area contributed by atoms with Crippen LogP contribution < -0.4 is 0 Å². The summed E-state index contributed by atoms with van der Waals surface area (Å²) in [5, 5.41) is 10.9. The molecule has 0 fully saturated rings. The maximum atomic E-state index is 9.59. The average Bonchev–Trinajstić information content (AvgIpc) is 2.40. The Labute approximate surface area is 131 Å². The molecule has 4 heteroatoms. The molecule has 1 N–H and O–H groups in total. The molecular formula is C15H13BrCl2O. The maximum absolute atomic E-state index is 9.59. The van der Waals surface area contributed by atoms with E-state index in [0.29, 0.717) is 16.5 Å². The normalized spacial score (nSPS) is 12.4. The summed E-state index contributed by atoms with van der Waals surface area (Å²) in [4.78, 5) is 0. The summed E-state index contributed by atoms with van der Waals surface area (Å²) in [5.41, 5.74) is 1.95. The van der Waals surface area contributed by atoms with Gasteiger partial charge in [0.1, 0.15) is 0 Å². The van der Waals surface area contributed by atoms with Crippen LogP contribution >= 0.6 is 39.1 Å². The van der Waals surface area contributed by atoms with Crippen molar-refractivity contribution in [3.63, 3.8) is 0 Å². The van der Waals surface area contributed by atoms with Gasteiger partial charge in [0.25, 0.3) is 0 Å². The van der Waals surface area contributed by atoms with Crippen molar-refractivity contribution in [2.75, 3.05) is 6.61 Å². The predicted molar refractivity (Wildman–Crippen MR) is 84.1 cm³/mol. The fraction of sp³-hybridized carbons (Fsp3) is 0.200. The van der Waals surface area contributed by atoms with Gasteiger partial charge in [0.05, 0.1) is 6.61 Å². The van der Waals surface area contributed by atoms with E-state index in [1.807, 2.05) is 42.5 Å². The highest BCUT2D eigenvalue weighted by Gasteiger charge is 2.15. The lowest BCUT2D eigenvalue weighted by Crippen LogP contribution is -2.08. The molecule has 0 aliphatic carbocycles. The zero-order valence-corrected chi connectivity index (χ0v) is 13.2. The molecule has 0 saturated heterocycles. The van der Waals surface area contributed by atoms with E-state index < -0.39 is 0 Å². The lowest BCUT2D eigenvalue weighted by Gasteiger charge is -2.16. The Bertz CT molecular complexity index is 534. The number of hydrogen-bond donors (Lipinski definition) is 1. The Morgan fingerprint density at radius 3 is 2.11 bits per heavy atom. The Morgan fingerprint density at radius 1 is 1.00 bits per heavy atom. The monoisotopic (exact) mass is 358 g/mol. The zero-order valence-electron chi connectivity index (χ0n) is 10.1. The van der Waals surface area contributed by atoms with E-state index in [-0.39, 0.29) is 12.5 Å². The molecule has 0 heterocycles. The average molecular weight is 360 g/mol. The smallest absolute Gasteiger partial charge is 0.0502 e. The molecule has 0 saturated carbocycles. The fourth-order valence-electron chi connectivity index (χ4n) is 2.00. The van der Waals surface area contributed by atoms with E-state index in [4.69, 9.17) is 23.2 Å². The van der Waals surface area contributed by atoms with Crippen LogP contribution in [0.25, 0.3) is 0 Å². The number of halogens is 3. The first kappa shape index (κ1) is 14.9. The van der Waals surface area contributed by atoms with Crippen molar-refractivity contribution in [3.05, 3.63) is 68.1 Å². The van der Waals surface area contributed by atoms with Crippen molar-refractivity contribution in [2.45, 2.75) is 12.3 Å². The van der Waals surface area contributed by atoms with Crippen molar-refractivity contribution in [2.24, 2.45) is 0 Å². The highest BCUT2D eigenvalue weighted by molar-refractivity contribution is 9.10. The van der Waals surface area contributed by atoms with Gasteiger partial charge < -0.3 is 5.11 Å². The standard InChI is InChI=1S/C15H13BrCl2O/c16-12-6-4-10(5-7-12)11(9-19)8-13-14(17)2-1-3-15(13)18/h1-7,11,19H,8-9H2. The van der Waals surface area contributed by atoms with Gasteiger partial charge in [-0.25, -0.2) is 0 Å². The second-order valence-corrected chi connectivity index (χ2v) is 6.07. The molecule has 2 rings (SSSR count). The molecule has 2 aromatic carbocycles. The highest BCUT2D eigenvalue weighted by atomic mass is 79.9. The van der Waals surface area contributed by atoms with Crippen molar-refractivity contribution >= 4 is 39.1 Å². The first-order valence-corrected chi connectivity index (χ1v) is 7.46. The highest BCUT2D eigenvalue weighted by Crippen LogP contribution is 2.30. The molecule has 0 radical (unpaired) electrons. The molecular weight excluding hydrogens is 347 g/mol. The van der Waals surface area contributed by atoms with E-state index in [2.05, 4.69) is 15.9 Å². The van der Waals surface area contributed by atoms with Gasteiger partial charge in [0.2, 0.25) is 0 Å². The summed E-state index contributed by atoms with van der Waals surface area (Å²) in [6.07, 6.45) is 0.622. The third-order valence-corrected chi connectivity index (χ3v) is 4.31. The lowest BCUT2D eigenvalue weighted by molar-refractivity contribution is 0.264. The van der Waals surface area contributed by atoms with Gasteiger partial charge in [-0.1, -0.05) is 57.3 Å². The SMILES string of the molecule is OCC(Cc1c(Cl)cccc1Cl)c1ccc(Br)cc1. The third-order valence-electron chi connectivity index (χ3n) is 3.07. The molecule has 0 amide bonds. The second-order valence-electron chi connectivity index (χ2n) is 4.34. The van der Waals surface area contributed by atoms with Gasteiger partial charge in [0, 0.05) is 20.4 Å². The Hall–Kier alpha value is -0.540. The maximum Gasteiger partial charge on any atom is 0.0502 e. The van der Waals surface area contributed by atoms with Crippen LogP contribution in [0.1, 0.15) is 17.0 Å². The lowest BCUT2D eigenvalue weighted by atomic mass is 9.93. The van der Waals surface area contributed by atoms with E-state index in [0.717, 1.165) is 15.6 Å². The van der Waals surface area contributed by atoms with Gasteiger partial charge in [-0.2, -0.15) is 0 Å². The summed E-state index contributed by atoms with van der Waals surface area (Å²) in [5.74, 6) is -0.00880. The van der Waals surface area contributed by atoms with E-state index in [9.17, 15) is 5.11 Å². The van der Waals surface area contributed by atoms with Crippen LogP contribution in [0.3, 0.4) is 0 Å². The van der Waals surface area contributed by atoms with Crippen LogP contribution in [0.2, 0.25) is 10.0 Å². The van der Waals surface area contributed by atoms with E-state index in [1.54, 1.807) is 0 Å². The largest absolute Gasteiger partial charge is 0.396 e. The molecule has 0 aliphatic rings. The minimum atomic E-state index is -0.00880. The van der Waals surface area contributed by atoms with Crippen LogP contribution in [0.5, 0.6) is 0 Å². The first-order chi connectivity index (χ1) is 9.11. The number of aliphatic hydroxyl groups is 1. The van der Waals surface area contributed by atoms with E-state index >= 15 is 0 Å². The molecule has 19 heavy (non-hydrogen) atoms. The second kappa shape index (κ2) is 6.76. The van der Waals surface area contributed by atoms with Gasteiger partial charge in [-0.05, 0) is 41.8 Å². The summed E-state index contributed by atoms with van der Waals surface area (Å²) < 4.78 is 1.02. The number of benzene rings is 2. The molecule has 0 aromatic heterocycles.